The molecule has 2 saturated heterocycles. The van der Waals surface area contributed by atoms with Crippen molar-refractivity contribution in [3.63, 3.8) is 0 Å². The zero-order chi connectivity index (χ0) is 24.6. The third kappa shape index (κ3) is 13.2. The van der Waals surface area contributed by atoms with Gasteiger partial charge in [0.25, 0.3) is 0 Å². The fourth-order valence-electron chi connectivity index (χ4n) is 3.09. The average molecular weight is 470 g/mol. The van der Waals surface area contributed by atoms with E-state index < -0.39 is 23.9 Å². The van der Waals surface area contributed by atoms with E-state index in [0.717, 1.165) is 65.5 Å². The van der Waals surface area contributed by atoms with Gasteiger partial charge in [0.1, 0.15) is 0 Å². The van der Waals surface area contributed by atoms with Gasteiger partial charge in [-0.05, 0) is 12.0 Å². The molecule has 184 valence electrons. The van der Waals surface area contributed by atoms with E-state index in [4.69, 9.17) is 49.1 Å². The van der Waals surface area contributed by atoms with Gasteiger partial charge in [0.15, 0.2) is 0 Å². The largest absolute Gasteiger partial charge is 0.473 e. The Bertz CT molecular complexity index is 705. The predicted octanol–water partition coefficient (Wildman–Crippen LogP) is -0.0791. The second-order valence-electron chi connectivity index (χ2n) is 7.18. The Hall–Kier alpha value is -3.06. The van der Waals surface area contributed by atoms with Crippen molar-refractivity contribution in [1.82, 2.24) is 9.80 Å². The summed E-state index contributed by atoms with van der Waals surface area (Å²) in [5.41, 5.74) is 1.39. The molecule has 0 amide bonds. The van der Waals surface area contributed by atoms with E-state index >= 15 is 0 Å². The molecule has 0 saturated carbocycles. The van der Waals surface area contributed by atoms with Crippen LogP contribution in [0.15, 0.2) is 30.3 Å². The minimum Gasteiger partial charge on any atom is -0.473 e. The molecule has 1 unspecified atom stereocenters. The van der Waals surface area contributed by atoms with E-state index in [9.17, 15) is 0 Å². The van der Waals surface area contributed by atoms with Crippen molar-refractivity contribution in [1.29, 1.82) is 0 Å². The Labute approximate surface area is 190 Å². The second kappa shape index (κ2) is 15.7. The van der Waals surface area contributed by atoms with Gasteiger partial charge in [-0.1, -0.05) is 30.3 Å². The van der Waals surface area contributed by atoms with Gasteiger partial charge < -0.3 is 29.9 Å². The lowest BCUT2D eigenvalue weighted by Gasteiger charge is -2.26. The standard InChI is InChI=1S/C17H26N2O2.2C2H2O4/c1-2-4-16(5-3-1)14-19-7-6-17(15-19)21-13-10-18-8-11-20-12-9-18;2*3-1(4)2(5)6/h1-5,17H,6-15H2;2*(H,3,4)(H,5,6). The van der Waals surface area contributed by atoms with Crippen LogP contribution in [0, 0.1) is 0 Å². The quantitative estimate of drug-likeness (QED) is 0.408. The summed E-state index contributed by atoms with van der Waals surface area (Å²) in [4.78, 5) is 41.3. The molecular weight excluding hydrogens is 440 g/mol. The molecule has 1 aromatic carbocycles. The predicted molar refractivity (Wildman–Crippen MR) is 114 cm³/mol. The maximum Gasteiger partial charge on any atom is 0.414 e. The van der Waals surface area contributed by atoms with Gasteiger partial charge in [-0.15, -0.1) is 0 Å². The number of nitrogens with zero attached hydrogens (tertiary/aromatic N) is 2. The van der Waals surface area contributed by atoms with Gasteiger partial charge in [0, 0.05) is 39.3 Å². The SMILES string of the molecule is O=C(O)C(=O)O.O=C(O)C(=O)O.c1ccc(CN2CCC(OCCN3CCOCC3)C2)cc1. The van der Waals surface area contributed by atoms with Crippen LogP contribution in [0.1, 0.15) is 12.0 Å². The molecule has 12 heteroatoms. The molecule has 2 fully saturated rings. The van der Waals surface area contributed by atoms with E-state index in [-0.39, 0.29) is 0 Å². The Balaban J connectivity index is 0.000000377. The molecule has 12 nitrogen and oxygen atoms in total. The minimum atomic E-state index is -1.82. The number of morpholine rings is 1. The maximum absolute atomic E-state index is 9.10. The summed E-state index contributed by atoms with van der Waals surface area (Å²) in [6.45, 7) is 8.99. The highest BCUT2D eigenvalue weighted by molar-refractivity contribution is 6.27. The highest BCUT2D eigenvalue weighted by atomic mass is 16.5. The highest BCUT2D eigenvalue weighted by Gasteiger charge is 2.23. The number of carbonyl (C=O) groups is 4. The summed E-state index contributed by atoms with van der Waals surface area (Å²) < 4.78 is 11.4. The van der Waals surface area contributed by atoms with E-state index in [1.54, 1.807) is 0 Å². The Morgan fingerprint density at radius 3 is 1.91 bits per heavy atom. The van der Waals surface area contributed by atoms with Gasteiger partial charge in [0.05, 0.1) is 25.9 Å². The van der Waals surface area contributed by atoms with Crippen molar-refractivity contribution < 1.29 is 49.1 Å². The number of aliphatic carboxylic acids is 4. The molecule has 1 aromatic rings. The summed E-state index contributed by atoms with van der Waals surface area (Å²) in [7, 11) is 0. The van der Waals surface area contributed by atoms with Crippen LogP contribution in [0.4, 0.5) is 0 Å². The van der Waals surface area contributed by atoms with Gasteiger partial charge in [-0.25, -0.2) is 19.2 Å². The van der Waals surface area contributed by atoms with Crippen molar-refractivity contribution in [3.05, 3.63) is 35.9 Å². The van der Waals surface area contributed by atoms with Crippen molar-refractivity contribution in [2.45, 2.75) is 19.1 Å². The molecule has 33 heavy (non-hydrogen) atoms. The Kier molecular flexibility index (Phi) is 13.3. The first-order valence-corrected chi connectivity index (χ1v) is 10.3. The number of hydrogen-bond acceptors (Lipinski definition) is 8. The lowest BCUT2D eigenvalue weighted by molar-refractivity contribution is -0.159. The number of likely N-dealkylation sites (tertiary alicyclic amines) is 1. The molecule has 0 radical (unpaired) electrons. The zero-order valence-electron chi connectivity index (χ0n) is 18.2. The van der Waals surface area contributed by atoms with Crippen LogP contribution in [0.2, 0.25) is 0 Å². The summed E-state index contributed by atoms with van der Waals surface area (Å²) in [6.07, 6.45) is 1.57. The number of carboxylic acid groups (broad SMARTS) is 4. The molecule has 3 rings (SSSR count). The van der Waals surface area contributed by atoms with Crippen LogP contribution in [-0.4, -0.2) is 113 Å². The zero-order valence-corrected chi connectivity index (χ0v) is 18.2. The minimum absolute atomic E-state index is 0.412. The van der Waals surface area contributed by atoms with Crippen molar-refractivity contribution >= 4 is 23.9 Å². The number of ether oxygens (including phenoxy) is 2. The van der Waals surface area contributed by atoms with Gasteiger partial charge in [-0.2, -0.15) is 0 Å². The van der Waals surface area contributed by atoms with Crippen molar-refractivity contribution in [2.75, 3.05) is 52.5 Å². The molecule has 2 aliphatic heterocycles. The van der Waals surface area contributed by atoms with E-state index in [1.165, 1.54) is 5.56 Å². The topological polar surface area (TPSA) is 174 Å². The number of carboxylic acids is 4. The molecule has 0 bridgehead atoms. The first-order chi connectivity index (χ1) is 15.7. The fraction of sp³-hybridized carbons (Fsp3) is 0.524. The van der Waals surface area contributed by atoms with E-state index in [2.05, 4.69) is 40.1 Å². The summed E-state index contributed by atoms with van der Waals surface area (Å²) in [5, 5.41) is 29.6. The number of rotatable bonds is 6. The molecule has 0 spiro atoms. The number of benzene rings is 1. The van der Waals surface area contributed by atoms with Crippen LogP contribution in [0.5, 0.6) is 0 Å². The van der Waals surface area contributed by atoms with Crippen LogP contribution in [0.3, 0.4) is 0 Å². The molecular formula is C21H30N2O10. The monoisotopic (exact) mass is 470 g/mol. The van der Waals surface area contributed by atoms with Crippen LogP contribution in [0.25, 0.3) is 0 Å². The molecule has 2 heterocycles. The normalized spacial score (nSPS) is 18.2. The summed E-state index contributed by atoms with van der Waals surface area (Å²) in [6, 6.07) is 10.7. The molecule has 0 aliphatic carbocycles. The summed E-state index contributed by atoms with van der Waals surface area (Å²) in [5.74, 6) is -7.30. The van der Waals surface area contributed by atoms with Crippen molar-refractivity contribution in [2.24, 2.45) is 0 Å². The van der Waals surface area contributed by atoms with Gasteiger partial charge in [-0.3, -0.25) is 9.80 Å². The van der Waals surface area contributed by atoms with Crippen molar-refractivity contribution in [3.8, 4) is 0 Å². The van der Waals surface area contributed by atoms with Crippen LogP contribution >= 0.6 is 0 Å². The first-order valence-electron chi connectivity index (χ1n) is 10.3. The Morgan fingerprint density at radius 1 is 0.848 bits per heavy atom. The summed E-state index contributed by atoms with van der Waals surface area (Å²) >= 11 is 0. The maximum atomic E-state index is 9.10. The smallest absolute Gasteiger partial charge is 0.414 e. The van der Waals surface area contributed by atoms with E-state index in [1.807, 2.05) is 0 Å². The van der Waals surface area contributed by atoms with Crippen LogP contribution < -0.4 is 0 Å². The molecule has 4 N–H and O–H groups in total. The first kappa shape index (κ1) is 28.0. The van der Waals surface area contributed by atoms with Gasteiger partial charge >= 0.3 is 23.9 Å². The number of hydrogen-bond donors (Lipinski definition) is 4. The van der Waals surface area contributed by atoms with Crippen LogP contribution in [-0.2, 0) is 35.2 Å². The third-order valence-electron chi connectivity index (χ3n) is 4.71. The highest BCUT2D eigenvalue weighted by Crippen LogP contribution is 2.16. The van der Waals surface area contributed by atoms with E-state index in [0.29, 0.717) is 6.10 Å². The lowest BCUT2D eigenvalue weighted by atomic mass is 10.2. The average Bonchev–Trinajstić information content (AvgIpc) is 3.23. The molecule has 0 aromatic heterocycles. The third-order valence-corrected chi connectivity index (χ3v) is 4.71. The fourth-order valence-corrected chi connectivity index (χ4v) is 3.09. The lowest BCUT2D eigenvalue weighted by Crippen LogP contribution is -2.38. The molecule has 2 aliphatic rings. The van der Waals surface area contributed by atoms with Gasteiger partial charge in [0.2, 0.25) is 0 Å². The molecule has 1 atom stereocenters. The second-order valence-corrected chi connectivity index (χ2v) is 7.18. The Morgan fingerprint density at radius 2 is 1.39 bits per heavy atom.